The Morgan fingerprint density at radius 1 is 1.10 bits per heavy atom. The van der Waals surface area contributed by atoms with Gasteiger partial charge in [0, 0.05) is 42.0 Å². The van der Waals surface area contributed by atoms with Crippen LogP contribution in [0.15, 0.2) is 30.3 Å². The van der Waals surface area contributed by atoms with Crippen LogP contribution in [-0.2, 0) is 6.54 Å². The van der Waals surface area contributed by atoms with Crippen molar-refractivity contribution in [3.05, 3.63) is 35.9 Å². The molecule has 0 saturated carbocycles. The van der Waals surface area contributed by atoms with Crippen molar-refractivity contribution in [1.29, 1.82) is 0 Å². The highest BCUT2D eigenvalue weighted by molar-refractivity contribution is 5.89. The maximum atomic E-state index is 10.4. The number of ether oxygens (including phenoxy) is 2. The summed E-state index contributed by atoms with van der Waals surface area (Å²) in [5, 5.41) is 10.4. The highest BCUT2D eigenvalue weighted by Gasteiger charge is 2.27. The van der Waals surface area contributed by atoms with E-state index >= 15 is 0 Å². The summed E-state index contributed by atoms with van der Waals surface area (Å²) >= 11 is 0. The Kier molecular flexibility index (Phi) is 2.93. The average molecular weight is 271 g/mol. The number of phenolic OH excluding ortho intramolecular Hbond substituents is 1. The smallest absolute Gasteiger partial charge is 0.164 e. The SMILES string of the molecule is COc1cc(OC)c2c(c1O)CN(C)c1ccccc1-2. The van der Waals surface area contributed by atoms with Gasteiger partial charge in [-0.1, -0.05) is 18.2 Å². The van der Waals surface area contributed by atoms with E-state index in [2.05, 4.69) is 11.0 Å². The summed E-state index contributed by atoms with van der Waals surface area (Å²) < 4.78 is 10.7. The fourth-order valence-electron chi connectivity index (χ4n) is 2.78. The molecule has 104 valence electrons. The summed E-state index contributed by atoms with van der Waals surface area (Å²) in [5.74, 6) is 1.34. The molecule has 0 bridgehead atoms. The molecule has 1 aliphatic rings. The van der Waals surface area contributed by atoms with Crippen molar-refractivity contribution in [2.45, 2.75) is 6.54 Å². The first-order chi connectivity index (χ1) is 9.67. The second-order valence-corrected chi connectivity index (χ2v) is 4.86. The van der Waals surface area contributed by atoms with Gasteiger partial charge in [-0.15, -0.1) is 0 Å². The lowest BCUT2D eigenvalue weighted by molar-refractivity contribution is 0.361. The molecule has 0 spiro atoms. The molecule has 0 saturated heterocycles. The number of nitrogens with zero attached hydrogens (tertiary/aromatic N) is 1. The first kappa shape index (κ1) is 12.7. The van der Waals surface area contributed by atoms with E-state index in [9.17, 15) is 5.11 Å². The largest absolute Gasteiger partial charge is 0.504 e. The third-order valence-electron chi connectivity index (χ3n) is 3.75. The van der Waals surface area contributed by atoms with Gasteiger partial charge in [0.15, 0.2) is 11.5 Å². The zero-order valence-corrected chi connectivity index (χ0v) is 11.8. The first-order valence-corrected chi connectivity index (χ1v) is 6.44. The minimum absolute atomic E-state index is 0.185. The van der Waals surface area contributed by atoms with Crippen LogP contribution in [0.1, 0.15) is 5.56 Å². The fraction of sp³-hybridized carbons (Fsp3) is 0.250. The molecule has 0 fully saturated rings. The Morgan fingerprint density at radius 3 is 2.50 bits per heavy atom. The first-order valence-electron chi connectivity index (χ1n) is 6.44. The molecule has 3 rings (SSSR count). The molecule has 0 atom stereocenters. The lowest BCUT2D eigenvalue weighted by atomic mass is 9.91. The molecule has 2 aromatic carbocycles. The number of aromatic hydroxyl groups is 1. The predicted octanol–water partition coefficient (Wildman–Crippen LogP) is 3.03. The Morgan fingerprint density at radius 2 is 1.80 bits per heavy atom. The van der Waals surface area contributed by atoms with E-state index in [1.807, 2.05) is 25.2 Å². The second kappa shape index (κ2) is 4.63. The van der Waals surface area contributed by atoms with E-state index in [0.29, 0.717) is 12.3 Å². The quantitative estimate of drug-likeness (QED) is 0.911. The van der Waals surface area contributed by atoms with Crippen molar-refractivity contribution >= 4 is 5.69 Å². The maximum Gasteiger partial charge on any atom is 0.164 e. The van der Waals surface area contributed by atoms with Gasteiger partial charge in [0.25, 0.3) is 0 Å². The number of rotatable bonds is 2. The standard InChI is InChI=1S/C16H17NO3/c1-17-9-11-15(10-6-4-5-7-12(10)17)13(19-2)8-14(20-3)16(11)18/h4-8,18H,9H2,1-3H3. The summed E-state index contributed by atoms with van der Waals surface area (Å²) in [7, 11) is 5.18. The number of hydrogen-bond donors (Lipinski definition) is 1. The average Bonchev–Trinajstić information content (AvgIpc) is 2.48. The van der Waals surface area contributed by atoms with Crippen LogP contribution < -0.4 is 14.4 Å². The van der Waals surface area contributed by atoms with E-state index < -0.39 is 0 Å². The second-order valence-electron chi connectivity index (χ2n) is 4.86. The minimum Gasteiger partial charge on any atom is -0.504 e. The summed E-state index contributed by atoms with van der Waals surface area (Å²) in [6.45, 7) is 0.617. The Labute approximate surface area is 118 Å². The van der Waals surface area contributed by atoms with Crippen molar-refractivity contribution in [2.75, 3.05) is 26.2 Å². The van der Waals surface area contributed by atoms with Crippen molar-refractivity contribution in [3.8, 4) is 28.4 Å². The lowest BCUT2D eigenvalue weighted by Gasteiger charge is -2.31. The third kappa shape index (κ3) is 1.68. The van der Waals surface area contributed by atoms with Gasteiger partial charge in [0.05, 0.1) is 14.2 Å². The van der Waals surface area contributed by atoms with Gasteiger partial charge in [0.1, 0.15) is 5.75 Å². The molecule has 1 N–H and O–H groups in total. The molecule has 1 heterocycles. The molecule has 1 aliphatic heterocycles. The maximum absolute atomic E-state index is 10.4. The summed E-state index contributed by atoms with van der Waals surface area (Å²) in [6.07, 6.45) is 0. The topological polar surface area (TPSA) is 41.9 Å². The van der Waals surface area contributed by atoms with Crippen molar-refractivity contribution in [3.63, 3.8) is 0 Å². The molecule has 0 aliphatic carbocycles. The number of phenols is 1. The molecule has 2 aromatic rings. The zero-order chi connectivity index (χ0) is 14.3. The summed E-state index contributed by atoms with van der Waals surface area (Å²) in [4.78, 5) is 2.11. The predicted molar refractivity (Wildman–Crippen MR) is 78.8 cm³/mol. The van der Waals surface area contributed by atoms with Gasteiger partial charge >= 0.3 is 0 Å². The number of fused-ring (bicyclic) bond motifs is 3. The Balaban J connectivity index is 2.35. The molecule has 0 amide bonds. The van der Waals surface area contributed by atoms with Gasteiger partial charge in [-0.2, -0.15) is 0 Å². The highest BCUT2D eigenvalue weighted by atomic mass is 16.5. The van der Waals surface area contributed by atoms with Crippen LogP contribution in [0.25, 0.3) is 11.1 Å². The van der Waals surface area contributed by atoms with E-state index in [0.717, 1.165) is 28.1 Å². The minimum atomic E-state index is 0.185. The summed E-state index contributed by atoms with van der Waals surface area (Å²) in [6, 6.07) is 9.84. The van der Waals surface area contributed by atoms with Crippen LogP contribution in [0.5, 0.6) is 17.2 Å². The highest BCUT2D eigenvalue weighted by Crippen LogP contribution is 2.49. The zero-order valence-electron chi connectivity index (χ0n) is 11.8. The number of hydrogen-bond acceptors (Lipinski definition) is 4. The number of benzene rings is 2. The monoisotopic (exact) mass is 271 g/mol. The molecular weight excluding hydrogens is 254 g/mol. The van der Waals surface area contributed by atoms with E-state index in [-0.39, 0.29) is 5.75 Å². The van der Waals surface area contributed by atoms with Gasteiger partial charge in [-0.05, 0) is 6.07 Å². The number of methoxy groups -OCH3 is 2. The van der Waals surface area contributed by atoms with E-state index in [4.69, 9.17) is 9.47 Å². The van der Waals surface area contributed by atoms with Crippen molar-refractivity contribution in [1.82, 2.24) is 0 Å². The molecular formula is C16H17NO3. The molecule has 20 heavy (non-hydrogen) atoms. The molecule has 0 unspecified atom stereocenters. The van der Waals surface area contributed by atoms with Gasteiger partial charge in [-0.3, -0.25) is 0 Å². The molecule has 4 heteroatoms. The van der Waals surface area contributed by atoms with Crippen LogP contribution in [0.4, 0.5) is 5.69 Å². The fourth-order valence-corrected chi connectivity index (χ4v) is 2.78. The van der Waals surface area contributed by atoms with Crippen LogP contribution in [0, 0.1) is 0 Å². The van der Waals surface area contributed by atoms with Crippen LogP contribution in [-0.4, -0.2) is 26.4 Å². The van der Waals surface area contributed by atoms with Crippen molar-refractivity contribution in [2.24, 2.45) is 0 Å². The van der Waals surface area contributed by atoms with Crippen molar-refractivity contribution < 1.29 is 14.6 Å². The van der Waals surface area contributed by atoms with Crippen LogP contribution in [0.3, 0.4) is 0 Å². The molecule has 0 radical (unpaired) electrons. The molecule has 4 nitrogen and oxygen atoms in total. The lowest BCUT2D eigenvalue weighted by Crippen LogP contribution is -2.22. The van der Waals surface area contributed by atoms with Gasteiger partial charge in [0.2, 0.25) is 0 Å². The van der Waals surface area contributed by atoms with E-state index in [1.54, 1.807) is 20.3 Å². The van der Waals surface area contributed by atoms with Gasteiger partial charge < -0.3 is 19.5 Å². The van der Waals surface area contributed by atoms with Crippen LogP contribution in [0.2, 0.25) is 0 Å². The Bertz CT molecular complexity index is 667. The Hall–Kier alpha value is -2.36. The summed E-state index contributed by atoms with van der Waals surface area (Å²) in [5.41, 5.74) is 3.97. The number of anilines is 1. The van der Waals surface area contributed by atoms with Gasteiger partial charge in [-0.25, -0.2) is 0 Å². The van der Waals surface area contributed by atoms with E-state index in [1.165, 1.54) is 0 Å². The number of para-hydroxylation sites is 1. The van der Waals surface area contributed by atoms with Crippen LogP contribution >= 0.6 is 0 Å². The normalized spacial score (nSPS) is 12.7. The molecule has 0 aromatic heterocycles. The third-order valence-corrected chi connectivity index (χ3v) is 3.75.